The van der Waals surface area contributed by atoms with Gasteiger partial charge in [-0.25, -0.2) is 0 Å². The van der Waals surface area contributed by atoms with E-state index >= 15 is 0 Å². The predicted octanol–water partition coefficient (Wildman–Crippen LogP) is 5.47. The standard InChI is InChI=1S/C24H32N2O2/c1-23(2,3)21(25-15-17-11-7-9-13-19(17)27)22(24(4,5)6)26-16-18-12-8-10-14-20(18)28/h7-16,21-22,27-28H,1-6H3. The number of phenolic OH excluding ortho intramolecular Hbond substituents is 2. The van der Waals surface area contributed by atoms with Gasteiger partial charge in [0.2, 0.25) is 0 Å². The molecule has 0 aliphatic heterocycles. The highest BCUT2D eigenvalue weighted by molar-refractivity contribution is 5.84. The van der Waals surface area contributed by atoms with Crippen molar-refractivity contribution in [3.8, 4) is 11.5 Å². The van der Waals surface area contributed by atoms with E-state index in [-0.39, 0.29) is 34.4 Å². The summed E-state index contributed by atoms with van der Waals surface area (Å²) in [5.41, 5.74) is 1.09. The van der Waals surface area contributed by atoms with Crippen molar-refractivity contribution in [2.45, 2.75) is 53.6 Å². The molecule has 4 heteroatoms. The molecule has 150 valence electrons. The molecule has 0 spiro atoms. The van der Waals surface area contributed by atoms with Crippen molar-refractivity contribution in [1.29, 1.82) is 0 Å². The van der Waals surface area contributed by atoms with Crippen molar-refractivity contribution in [2.75, 3.05) is 0 Å². The van der Waals surface area contributed by atoms with Crippen LogP contribution in [-0.2, 0) is 0 Å². The van der Waals surface area contributed by atoms with E-state index in [1.165, 1.54) is 0 Å². The topological polar surface area (TPSA) is 65.2 Å². The summed E-state index contributed by atoms with van der Waals surface area (Å²) in [6.07, 6.45) is 3.47. The van der Waals surface area contributed by atoms with Gasteiger partial charge in [0.15, 0.2) is 0 Å². The van der Waals surface area contributed by atoms with Gasteiger partial charge in [-0.2, -0.15) is 0 Å². The second-order valence-corrected chi connectivity index (χ2v) is 9.30. The third kappa shape index (κ3) is 5.69. The van der Waals surface area contributed by atoms with Gasteiger partial charge in [0.25, 0.3) is 0 Å². The van der Waals surface area contributed by atoms with Crippen LogP contribution < -0.4 is 0 Å². The highest BCUT2D eigenvalue weighted by atomic mass is 16.3. The lowest BCUT2D eigenvalue weighted by Crippen LogP contribution is -2.43. The molecule has 0 heterocycles. The lowest BCUT2D eigenvalue weighted by atomic mass is 9.73. The molecule has 0 aromatic heterocycles. The van der Waals surface area contributed by atoms with Crippen molar-refractivity contribution < 1.29 is 10.2 Å². The minimum absolute atomic E-state index is 0.116. The van der Waals surface area contributed by atoms with Gasteiger partial charge in [-0.3, -0.25) is 9.98 Å². The van der Waals surface area contributed by atoms with Gasteiger partial charge in [-0.05, 0) is 35.1 Å². The lowest BCUT2D eigenvalue weighted by Gasteiger charge is -2.39. The Bertz CT molecular complexity index is 771. The second-order valence-electron chi connectivity index (χ2n) is 9.30. The molecular weight excluding hydrogens is 348 g/mol. The molecule has 2 N–H and O–H groups in total. The van der Waals surface area contributed by atoms with Crippen LogP contribution >= 0.6 is 0 Å². The van der Waals surface area contributed by atoms with Gasteiger partial charge < -0.3 is 10.2 Å². The fraction of sp³-hybridized carbons (Fsp3) is 0.417. The van der Waals surface area contributed by atoms with Gasteiger partial charge in [0.1, 0.15) is 11.5 Å². The van der Waals surface area contributed by atoms with E-state index < -0.39 is 0 Å². The van der Waals surface area contributed by atoms with Crippen LogP contribution in [0, 0.1) is 10.8 Å². The Morgan fingerprint density at radius 3 is 1.25 bits per heavy atom. The van der Waals surface area contributed by atoms with Gasteiger partial charge in [0, 0.05) is 23.6 Å². The molecule has 0 aliphatic rings. The Labute approximate surface area is 168 Å². The van der Waals surface area contributed by atoms with Crippen LogP contribution in [0.5, 0.6) is 11.5 Å². The van der Waals surface area contributed by atoms with E-state index in [1.807, 2.05) is 24.3 Å². The monoisotopic (exact) mass is 380 g/mol. The van der Waals surface area contributed by atoms with E-state index in [0.717, 1.165) is 0 Å². The SMILES string of the molecule is CC(C)(C)C(N=Cc1ccccc1O)C(N=Cc1ccccc1O)C(C)(C)C. The number of benzene rings is 2. The predicted molar refractivity (Wildman–Crippen MR) is 118 cm³/mol. The third-order valence-electron chi connectivity index (χ3n) is 4.70. The molecule has 4 nitrogen and oxygen atoms in total. The maximum absolute atomic E-state index is 10.1. The molecule has 0 saturated carbocycles. The first-order chi connectivity index (χ1) is 13.0. The van der Waals surface area contributed by atoms with Gasteiger partial charge in [-0.1, -0.05) is 65.8 Å². The van der Waals surface area contributed by atoms with Gasteiger partial charge in [0.05, 0.1) is 12.1 Å². The Kier molecular flexibility index (Phi) is 6.65. The smallest absolute Gasteiger partial charge is 0.124 e. The molecule has 2 unspecified atom stereocenters. The van der Waals surface area contributed by atoms with Crippen LogP contribution in [0.4, 0.5) is 0 Å². The molecule has 0 aliphatic carbocycles. The minimum Gasteiger partial charge on any atom is -0.507 e. The van der Waals surface area contributed by atoms with Crippen LogP contribution in [0.25, 0.3) is 0 Å². The van der Waals surface area contributed by atoms with E-state index in [0.29, 0.717) is 11.1 Å². The highest BCUT2D eigenvalue weighted by Gasteiger charge is 2.38. The van der Waals surface area contributed by atoms with Gasteiger partial charge in [-0.15, -0.1) is 0 Å². The molecule has 2 atom stereocenters. The maximum Gasteiger partial charge on any atom is 0.124 e. The Morgan fingerprint density at radius 2 is 0.964 bits per heavy atom. The number of para-hydroxylation sites is 2. The zero-order chi connectivity index (χ0) is 20.9. The molecule has 0 saturated heterocycles. The molecule has 2 rings (SSSR count). The summed E-state index contributed by atoms with van der Waals surface area (Å²) >= 11 is 0. The van der Waals surface area contributed by atoms with Crippen LogP contribution in [0.2, 0.25) is 0 Å². The first kappa shape index (κ1) is 21.7. The first-order valence-corrected chi connectivity index (χ1v) is 9.62. The lowest BCUT2D eigenvalue weighted by molar-refractivity contribution is 0.196. The van der Waals surface area contributed by atoms with Crippen LogP contribution in [0.1, 0.15) is 52.7 Å². The fourth-order valence-corrected chi connectivity index (χ4v) is 3.07. The summed E-state index contributed by atoms with van der Waals surface area (Å²) in [6, 6.07) is 14.1. The third-order valence-corrected chi connectivity index (χ3v) is 4.70. The van der Waals surface area contributed by atoms with E-state index in [9.17, 15) is 10.2 Å². The Morgan fingerprint density at radius 1 is 0.643 bits per heavy atom. The summed E-state index contributed by atoms with van der Waals surface area (Å²) in [6.45, 7) is 12.9. The largest absolute Gasteiger partial charge is 0.507 e. The van der Waals surface area contributed by atoms with Crippen LogP contribution in [0.15, 0.2) is 58.5 Å². The fourth-order valence-electron chi connectivity index (χ4n) is 3.07. The molecule has 0 radical (unpaired) electrons. The average Bonchev–Trinajstić information content (AvgIpc) is 2.58. The zero-order valence-electron chi connectivity index (χ0n) is 17.7. The van der Waals surface area contributed by atoms with E-state index in [1.54, 1.807) is 36.7 Å². The Hall–Kier alpha value is -2.62. The van der Waals surface area contributed by atoms with Crippen molar-refractivity contribution in [3.05, 3.63) is 59.7 Å². The molecule has 2 aromatic rings. The van der Waals surface area contributed by atoms with E-state index in [2.05, 4.69) is 41.5 Å². The van der Waals surface area contributed by atoms with Gasteiger partial charge >= 0.3 is 0 Å². The van der Waals surface area contributed by atoms with Crippen molar-refractivity contribution >= 4 is 12.4 Å². The zero-order valence-corrected chi connectivity index (χ0v) is 17.7. The summed E-state index contributed by atoms with van der Waals surface area (Å²) in [5.74, 6) is 0.424. The number of rotatable bonds is 5. The van der Waals surface area contributed by atoms with Crippen molar-refractivity contribution in [1.82, 2.24) is 0 Å². The normalized spacial score (nSPS) is 15.2. The highest BCUT2D eigenvalue weighted by Crippen LogP contribution is 2.36. The minimum atomic E-state index is -0.144. The molecular formula is C24H32N2O2. The summed E-state index contributed by atoms with van der Waals surface area (Å²) in [7, 11) is 0. The number of aliphatic imine (C=N–C) groups is 2. The first-order valence-electron chi connectivity index (χ1n) is 9.62. The number of phenols is 2. The molecule has 2 aromatic carbocycles. The number of hydrogen-bond donors (Lipinski definition) is 2. The summed E-state index contributed by atoms with van der Waals surface area (Å²) in [4.78, 5) is 9.73. The van der Waals surface area contributed by atoms with Crippen molar-refractivity contribution in [3.63, 3.8) is 0 Å². The number of nitrogens with zero attached hydrogens (tertiary/aromatic N) is 2. The van der Waals surface area contributed by atoms with E-state index in [4.69, 9.17) is 9.98 Å². The molecule has 0 fully saturated rings. The van der Waals surface area contributed by atoms with Crippen molar-refractivity contribution in [2.24, 2.45) is 20.8 Å². The second kappa shape index (κ2) is 8.59. The number of hydrogen-bond acceptors (Lipinski definition) is 4. The Balaban J connectivity index is 2.44. The quantitative estimate of drug-likeness (QED) is 0.676. The summed E-state index contributed by atoms with van der Waals surface area (Å²) in [5, 5.41) is 20.1. The maximum atomic E-state index is 10.1. The molecule has 28 heavy (non-hydrogen) atoms. The van der Waals surface area contributed by atoms with Crippen LogP contribution in [0.3, 0.4) is 0 Å². The average molecular weight is 381 g/mol. The molecule has 0 bridgehead atoms. The van der Waals surface area contributed by atoms with Crippen LogP contribution in [-0.4, -0.2) is 34.7 Å². The molecule has 0 amide bonds. The number of aromatic hydroxyl groups is 2. The summed E-state index contributed by atoms with van der Waals surface area (Å²) < 4.78 is 0.